The van der Waals surface area contributed by atoms with E-state index in [1.54, 1.807) is 13.8 Å². The van der Waals surface area contributed by atoms with Gasteiger partial charge in [-0.25, -0.2) is 4.79 Å². The van der Waals surface area contributed by atoms with Crippen LogP contribution < -0.4 is 10.5 Å². The zero-order valence-electron chi connectivity index (χ0n) is 7.80. The molecule has 0 unspecified atom stereocenters. The van der Waals surface area contributed by atoms with Gasteiger partial charge in [-0.1, -0.05) is 23.8 Å². The minimum atomic E-state index is -0.567. The monoisotopic (exact) mass is 254 g/mol. The highest BCUT2D eigenvalue weighted by molar-refractivity contribution is 8.21. The first kappa shape index (κ1) is 13.5. The van der Waals surface area contributed by atoms with Crippen molar-refractivity contribution in [1.82, 2.24) is 4.72 Å². The lowest BCUT2D eigenvalue weighted by molar-refractivity contribution is -0.137. The molecule has 0 aliphatic carbocycles. The summed E-state index contributed by atoms with van der Waals surface area (Å²) >= 11 is 11.3. The van der Waals surface area contributed by atoms with Gasteiger partial charge in [0.1, 0.15) is 5.03 Å². The molecule has 0 fully saturated rings. The van der Waals surface area contributed by atoms with Gasteiger partial charge in [-0.05, 0) is 13.8 Å². The van der Waals surface area contributed by atoms with E-state index in [4.69, 9.17) is 17.3 Å². The number of halogens is 1. The summed E-state index contributed by atoms with van der Waals surface area (Å²) in [5.74, 6) is -0.567. The van der Waals surface area contributed by atoms with Crippen LogP contribution in [0.4, 0.5) is 0 Å². The molecule has 0 atom stereocenters. The maximum Gasteiger partial charge on any atom is 0.351 e. The zero-order chi connectivity index (χ0) is 11.1. The van der Waals surface area contributed by atoms with E-state index in [0.717, 1.165) is 11.9 Å². The van der Waals surface area contributed by atoms with E-state index in [9.17, 15) is 4.79 Å². The van der Waals surface area contributed by atoms with Crippen molar-refractivity contribution in [2.24, 2.45) is 5.73 Å². The maximum atomic E-state index is 11.1. The van der Waals surface area contributed by atoms with Crippen LogP contribution in [-0.2, 0) is 9.53 Å². The highest BCUT2D eigenvalue weighted by Gasteiger charge is 2.11. The second-order valence-electron chi connectivity index (χ2n) is 2.18. The molecule has 80 valence electrons. The summed E-state index contributed by atoms with van der Waals surface area (Å²) in [6.45, 7) is 3.61. The number of hydrogen-bond acceptors (Lipinski definition) is 5. The molecule has 0 radical (unpaired) electrons. The molecule has 7 heteroatoms. The SMILES string of the molecule is CCOC(=O)C(Cl)=C(C)NSC(N)=S. The number of thiocarbonyl (C=S) groups is 1. The van der Waals surface area contributed by atoms with Gasteiger partial charge in [-0.15, -0.1) is 0 Å². The van der Waals surface area contributed by atoms with Crippen LogP contribution in [0, 0.1) is 0 Å². The number of carbonyl (C=O) groups is 1. The number of rotatable bonds is 4. The fourth-order valence-electron chi connectivity index (χ4n) is 0.519. The number of nitrogens with two attached hydrogens (primary N) is 1. The Morgan fingerprint density at radius 2 is 2.29 bits per heavy atom. The van der Waals surface area contributed by atoms with Gasteiger partial charge in [0, 0.05) is 17.6 Å². The third-order valence-electron chi connectivity index (χ3n) is 1.09. The molecule has 0 aliphatic rings. The third-order valence-corrected chi connectivity index (χ3v) is 2.39. The molecule has 0 bridgehead atoms. The molecule has 0 spiro atoms. The number of hydrogen-bond donors (Lipinski definition) is 2. The van der Waals surface area contributed by atoms with E-state index < -0.39 is 5.97 Å². The van der Waals surface area contributed by atoms with Crippen molar-refractivity contribution in [2.75, 3.05) is 6.61 Å². The van der Waals surface area contributed by atoms with E-state index in [-0.39, 0.29) is 16.0 Å². The van der Waals surface area contributed by atoms with Gasteiger partial charge < -0.3 is 15.2 Å². The second kappa shape index (κ2) is 6.92. The lowest BCUT2D eigenvalue weighted by Gasteiger charge is -2.06. The van der Waals surface area contributed by atoms with Crippen molar-refractivity contribution in [3.05, 3.63) is 10.7 Å². The Kier molecular flexibility index (Phi) is 6.69. The van der Waals surface area contributed by atoms with E-state index >= 15 is 0 Å². The molecule has 0 rings (SSSR count). The molecule has 0 saturated carbocycles. The Morgan fingerprint density at radius 3 is 2.71 bits per heavy atom. The molecule has 0 heterocycles. The molecule has 0 aliphatic heterocycles. The molecule has 0 aromatic carbocycles. The third kappa shape index (κ3) is 5.31. The number of carbonyl (C=O) groups excluding carboxylic acids is 1. The topological polar surface area (TPSA) is 64.3 Å². The van der Waals surface area contributed by atoms with Gasteiger partial charge in [0.15, 0.2) is 4.32 Å². The Hall–Kier alpha value is -0.460. The van der Waals surface area contributed by atoms with Crippen molar-refractivity contribution >= 4 is 46.1 Å². The van der Waals surface area contributed by atoms with Gasteiger partial charge in [0.2, 0.25) is 0 Å². The normalized spacial score (nSPS) is 11.6. The number of allylic oxidation sites excluding steroid dienone is 1. The van der Waals surface area contributed by atoms with Crippen LogP contribution in [0.25, 0.3) is 0 Å². The molecule has 0 aromatic rings. The first-order chi connectivity index (χ1) is 6.49. The average molecular weight is 255 g/mol. The minimum Gasteiger partial charge on any atom is -0.462 e. The van der Waals surface area contributed by atoms with Crippen LogP contribution in [0.5, 0.6) is 0 Å². The first-order valence-electron chi connectivity index (χ1n) is 3.74. The predicted molar refractivity (Wildman–Crippen MR) is 62.7 cm³/mol. The number of ether oxygens (including phenoxy) is 1. The van der Waals surface area contributed by atoms with Gasteiger partial charge >= 0.3 is 5.97 Å². The summed E-state index contributed by atoms with van der Waals surface area (Å²) in [6, 6.07) is 0. The van der Waals surface area contributed by atoms with Gasteiger partial charge in [-0.3, -0.25) is 0 Å². The van der Waals surface area contributed by atoms with Crippen LogP contribution in [0.15, 0.2) is 10.7 Å². The van der Waals surface area contributed by atoms with Crippen LogP contribution in [0.3, 0.4) is 0 Å². The number of esters is 1. The van der Waals surface area contributed by atoms with Gasteiger partial charge in [0.05, 0.1) is 6.61 Å². The minimum absolute atomic E-state index is 0.00407. The van der Waals surface area contributed by atoms with Crippen LogP contribution in [0.2, 0.25) is 0 Å². The summed E-state index contributed by atoms with van der Waals surface area (Å²) in [5.41, 5.74) is 5.69. The molecule has 3 N–H and O–H groups in total. The van der Waals surface area contributed by atoms with Crippen molar-refractivity contribution in [2.45, 2.75) is 13.8 Å². The fraction of sp³-hybridized carbons (Fsp3) is 0.429. The molecule has 0 aromatic heterocycles. The molecule has 0 amide bonds. The van der Waals surface area contributed by atoms with Crippen LogP contribution in [-0.4, -0.2) is 16.9 Å². The van der Waals surface area contributed by atoms with Crippen molar-refractivity contribution in [1.29, 1.82) is 0 Å². The van der Waals surface area contributed by atoms with Crippen molar-refractivity contribution in [3.8, 4) is 0 Å². The molecule has 4 nitrogen and oxygen atoms in total. The lowest BCUT2D eigenvalue weighted by atomic mass is 10.4. The summed E-state index contributed by atoms with van der Waals surface area (Å²) in [4.78, 5) is 11.1. The number of nitrogens with one attached hydrogen (secondary N) is 1. The molecular weight excluding hydrogens is 244 g/mol. The first-order valence-corrected chi connectivity index (χ1v) is 5.35. The quantitative estimate of drug-likeness (QED) is 0.343. The summed E-state index contributed by atoms with van der Waals surface area (Å²) in [7, 11) is 0. The smallest absolute Gasteiger partial charge is 0.351 e. The van der Waals surface area contributed by atoms with Gasteiger partial charge in [0.25, 0.3) is 0 Å². The van der Waals surface area contributed by atoms with Crippen LogP contribution in [0.1, 0.15) is 13.8 Å². The van der Waals surface area contributed by atoms with E-state index in [2.05, 4.69) is 21.7 Å². The van der Waals surface area contributed by atoms with Crippen molar-refractivity contribution in [3.63, 3.8) is 0 Å². The fourth-order valence-corrected chi connectivity index (χ4v) is 1.16. The predicted octanol–water partition coefficient (Wildman–Crippen LogP) is 1.50. The Morgan fingerprint density at radius 1 is 1.71 bits per heavy atom. The molecular formula is C7H11ClN2O2S2. The largest absolute Gasteiger partial charge is 0.462 e. The summed E-state index contributed by atoms with van der Waals surface area (Å²) < 4.78 is 7.63. The Balaban J connectivity index is 4.27. The highest BCUT2D eigenvalue weighted by atomic mass is 35.5. The summed E-state index contributed by atoms with van der Waals surface area (Å²) in [5, 5.41) is -0.00407. The van der Waals surface area contributed by atoms with E-state index in [1.165, 1.54) is 0 Å². The van der Waals surface area contributed by atoms with E-state index in [1.807, 2.05) is 0 Å². The Bertz CT molecular complexity index is 268. The summed E-state index contributed by atoms with van der Waals surface area (Å²) in [6.07, 6.45) is 0. The Labute approximate surface area is 97.3 Å². The highest BCUT2D eigenvalue weighted by Crippen LogP contribution is 2.11. The second-order valence-corrected chi connectivity index (χ2v) is 4.11. The average Bonchev–Trinajstić information content (AvgIpc) is 2.13. The maximum absolute atomic E-state index is 11.1. The van der Waals surface area contributed by atoms with Gasteiger partial charge in [-0.2, -0.15) is 0 Å². The molecule has 14 heavy (non-hydrogen) atoms. The zero-order valence-corrected chi connectivity index (χ0v) is 10.2. The standard InChI is InChI=1S/C7H11ClN2O2S2/c1-3-12-6(11)5(8)4(2)10-14-7(9)13/h10H,3H2,1-2H3,(H2,9,13). The van der Waals surface area contributed by atoms with Crippen LogP contribution >= 0.6 is 35.8 Å². The van der Waals surface area contributed by atoms with E-state index in [0.29, 0.717) is 5.70 Å². The van der Waals surface area contributed by atoms with Crippen molar-refractivity contribution < 1.29 is 9.53 Å². The molecule has 0 saturated heterocycles. The lowest BCUT2D eigenvalue weighted by Crippen LogP contribution is -2.14.